The molecule has 1 heterocycles. The molecule has 3 aromatic rings. The number of hydrogen-bond donors (Lipinski definition) is 1. The Morgan fingerprint density at radius 2 is 2.00 bits per heavy atom. The monoisotopic (exact) mass is 341 g/mol. The molecule has 0 bridgehead atoms. The second kappa shape index (κ2) is 7.05. The maximum atomic E-state index is 12.4. The van der Waals surface area contributed by atoms with Gasteiger partial charge in [0.1, 0.15) is 11.7 Å². The van der Waals surface area contributed by atoms with Crippen LogP contribution in [0.2, 0.25) is 5.02 Å². The van der Waals surface area contributed by atoms with Gasteiger partial charge in [-0.05, 0) is 31.5 Å². The number of nitrogens with one attached hydrogen (secondary N) is 1. The van der Waals surface area contributed by atoms with E-state index < -0.39 is 6.04 Å². The molecule has 0 saturated heterocycles. The molecule has 1 unspecified atom stereocenters. The van der Waals surface area contributed by atoms with E-state index in [9.17, 15) is 4.79 Å². The van der Waals surface area contributed by atoms with E-state index in [1.807, 2.05) is 62.4 Å². The molecule has 0 aliphatic heterocycles. The van der Waals surface area contributed by atoms with Gasteiger partial charge < -0.3 is 5.32 Å². The van der Waals surface area contributed by atoms with Crippen LogP contribution in [0.4, 0.5) is 0 Å². The molecule has 5 heteroatoms. The van der Waals surface area contributed by atoms with Gasteiger partial charge in [0.05, 0.1) is 5.52 Å². The first-order valence-corrected chi connectivity index (χ1v) is 8.50. The van der Waals surface area contributed by atoms with Gasteiger partial charge >= 0.3 is 0 Å². The van der Waals surface area contributed by atoms with E-state index in [1.54, 1.807) is 4.68 Å². The van der Waals surface area contributed by atoms with E-state index in [0.29, 0.717) is 11.6 Å². The molecule has 0 saturated carbocycles. The van der Waals surface area contributed by atoms with E-state index in [0.717, 1.165) is 28.6 Å². The predicted octanol–water partition coefficient (Wildman–Crippen LogP) is 4.44. The van der Waals surface area contributed by atoms with Gasteiger partial charge in [0, 0.05) is 22.5 Å². The topological polar surface area (TPSA) is 46.9 Å². The zero-order chi connectivity index (χ0) is 17.1. The third-order valence-corrected chi connectivity index (χ3v) is 4.25. The number of aromatic nitrogens is 2. The van der Waals surface area contributed by atoms with Crippen molar-refractivity contribution in [1.29, 1.82) is 0 Å². The van der Waals surface area contributed by atoms with E-state index >= 15 is 0 Å². The van der Waals surface area contributed by atoms with Gasteiger partial charge in [-0.25, -0.2) is 0 Å². The standard InChI is InChI=1S/C19H20ClN3O/c1-3-11-21-19(24)13(2)23-17-10-9-15(20)12-16(17)18(22-23)14-7-5-4-6-8-14/h4-10,12-13H,3,11H2,1-2H3,(H,21,24). The molecule has 0 spiro atoms. The van der Waals surface area contributed by atoms with E-state index in [1.165, 1.54) is 0 Å². The molecule has 1 aromatic heterocycles. The van der Waals surface area contributed by atoms with Gasteiger partial charge in [-0.1, -0.05) is 48.9 Å². The average Bonchev–Trinajstić information content (AvgIpc) is 2.98. The van der Waals surface area contributed by atoms with Crippen LogP contribution >= 0.6 is 11.6 Å². The zero-order valence-electron chi connectivity index (χ0n) is 13.8. The Morgan fingerprint density at radius 1 is 1.25 bits per heavy atom. The molecule has 24 heavy (non-hydrogen) atoms. The van der Waals surface area contributed by atoms with E-state index in [2.05, 4.69) is 5.32 Å². The zero-order valence-corrected chi connectivity index (χ0v) is 14.5. The minimum absolute atomic E-state index is 0.0317. The van der Waals surface area contributed by atoms with Crippen molar-refractivity contribution in [3.8, 4) is 11.3 Å². The molecule has 4 nitrogen and oxygen atoms in total. The number of rotatable bonds is 5. The lowest BCUT2D eigenvalue weighted by molar-refractivity contribution is -0.124. The highest BCUT2D eigenvalue weighted by molar-refractivity contribution is 6.31. The van der Waals surface area contributed by atoms with E-state index in [-0.39, 0.29) is 5.91 Å². The van der Waals surface area contributed by atoms with Crippen molar-refractivity contribution in [3.63, 3.8) is 0 Å². The average molecular weight is 342 g/mol. The summed E-state index contributed by atoms with van der Waals surface area (Å²) in [5, 5.41) is 9.26. The molecule has 1 atom stereocenters. The first kappa shape index (κ1) is 16.5. The van der Waals surface area contributed by atoms with Crippen molar-refractivity contribution in [2.45, 2.75) is 26.3 Å². The number of benzene rings is 2. The molecule has 1 N–H and O–H groups in total. The summed E-state index contributed by atoms with van der Waals surface area (Å²) in [5.74, 6) is -0.0317. The SMILES string of the molecule is CCCNC(=O)C(C)n1nc(-c2ccccc2)c2cc(Cl)ccc21. The Labute approximate surface area is 146 Å². The smallest absolute Gasteiger partial charge is 0.244 e. The number of nitrogens with zero attached hydrogens (tertiary/aromatic N) is 2. The van der Waals surface area contributed by atoms with Crippen molar-refractivity contribution >= 4 is 28.4 Å². The quantitative estimate of drug-likeness (QED) is 0.745. The number of fused-ring (bicyclic) bond motifs is 1. The molecule has 0 aliphatic rings. The Bertz CT molecular complexity index is 858. The van der Waals surface area contributed by atoms with Crippen LogP contribution in [0.25, 0.3) is 22.2 Å². The van der Waals surface area contributed by atoms with Crippen molar-refractivity contribution in [2.75, 3.05) is 6.54 Å². The van der Waals surface area contributed by atoms with Crippen LogP contribution in [-0.2, 0) is 4.79 Å². The lowest BCUT2D eigenvalue weighted by Crippen LogP contribution is -2.31. The summed E-state index contributed by atoms with van der Waals surface area (Å²) in [6, 6.07) is 15.2. The summed E-state index contributed by atoms with van der Waals surface area (Å²) >= 11 is 6.18. The van der Waals surface area contributed by atoms with Gasteiger partial charge in [-0.2, -0.15) is 5.10 Å². The van der Waals surface area contributed by atoms with Crippen molar-refractivity contribution in [2.24, 2.45) is 0 Å². The van der Waals surface area contributed by atoms with Crippen LogP contribution in [0.3, 0.4) is 0 Å². The molecule has 2 aromatic carbocycles. The molecular weight excluding hydrogens is 322 g/mol. The van der Waals surface area contributed by atoms with Gasteiger partial charge in [0.15, 0.2) is 0 Å². The normalized spacial score (nSPS) is 12.3. The second-order valence-electron chi connectivity index (χ2n) is 5.79. The highest BCUT2D eigenvalue weighted by Crippen LogP contribution is 2.31. The van der Waals surface area contributed by atoms with Crippen LogP contribution < -0.4 is 5.32 Å². The minimum atomic E-state index is -0.391. The van der Waals surface area contributed by atoms with Crippen molar-refractivity contribution < 1.29 is 4.79 Å². The summed E-state index contributed by atoms with van der Waals surface area (Å²) in [6.07, 6.45) is 0.906. The Hall–Kier alpha value is -2.33. The number of halogens is 1. The molecule has 1 amide bonds. The van der Waals surface area contributed by atoms with Crippen LogP contribution in [0.5, 0.6) is 0 Å². The molecule has 3 rings (SSSR count). The molecule has 0 aliphatic carbocycles. The fourth-order valence-corrected chi connectivity index (χ4v) is 2.90. The number of hydrogen-bond acceptors (Lipinski definition) is 2. The van der Waals surface area contributed by atoms with Gasteiger partial charge in [0.25, 0.3) is 0 Å². The highest BCUT2D eigenvalue weighted by Gasteiger charge is 2.21. The molecule has 124 valence electrons. The van der Waals surface area contributed by atoms with Crippen LogP contribution in [-0.4, -0.2) is 22.2 Å². The van der Waals surface area contributed by atoms with Crippen molar-refractivity contribution in [1.82, 2.24) is 15.1 Å². The summed E-state index contributed by atoms with van der Waals surface area (Å²) in [6.45, 7) is 4.56. The predicted molar refractivity (Wildman–Crippen MR) is 98.2 cm³/mol. The maximum absolute atomic E-state index is 12.4. The Balaban J connectivity index is 2.11. The van der Waals surface area contributed by atoms with Crippen LogP contribution in [0.15, 0.2) is 48.5 Å². The third-order valence-electron chi connectivity index (χ3n) is 4.01. The largest absolute Gasteiger partial charge is 0.354 e. The van der Waals surface area contributed by atoms with Gasteiger partial charge in [-0.15, -0.1) is 0 Å². The Kier molecular flexibility index (Phi) is 4.86. The lowest BCUT2D eigenvalue weighted by Gasteiger charge is -2.13. The second-order valence-corrected chi connectivity index (χ2v) is 6.22. The maximum Gasteiger partial charge on any atom is 0.244 e. The molecule has 0 radical (unpaired) electrons. The molecule has 0 fully saturated rings. The summed E-state index contributed by atoms with van der Waals surface area (Å²) in [5.41, 5.74) is 2.74. The van der Waals surface area contributed by atoms with Crippen molar-refractivity contribution in [3.05, 3.63) is 53.6 Å². The first-order chi connectivity index (χ1) is 11.6. The van der Waals surface area contributed by atoms with E-state index in [4.69, 9.17) is 16.7 Å². The number of carbonyl (C=O) groups is 1. The molecular formula is C19H20ClN3O. The number of carbonyl (C=O) groups excluding carboxylic acids is 1. The highest BCUT2D eigenvalue weighted by atomic mass is 35.5. The summed E-state index contributed by atoms with van der Waals surface area (Å²) < 4.78 is 1.78. The minimum Gasteiger partial charge on any atom is -0.354 e. The van der Waals surface area contributed by atoms with Gasteiger partial charge in [0.2, 0.25) is 5.91 Å². The summed E-state index contributed by atoms with van der Waals surface area (Å²) in [4.78, 5) is 12.4. The van der Waals surface area contributed by atoms with Crippen LogP contribution in [0, 0.1) is 0 Å². The number of amides is 1. The lowest BCUT2D eigenvalue weighted by atomic mass is 10.1. The summed E-state index contributed by atoms with van der Waals surface area (Å²) in [7, 11) is 0. The third kappa shape index (κ3) is 3.15. The van der Waals surface area contributed by atoms with Gasteiger partial charge in [-0.3, -0.25) is 9.48 Å². The Morgan fingerprint density at radius 3 is 2.71 bits per heavy atom. The first-order valence-electron chi connectivity index (χ1n) is 8.12. The van der Waals surface area contributed by atoms with Crippen LogP contribution in [0.1, 0.15) is 26.3 Å². The fraction of sp³-hybridized carbons (Fsp3) is 0.263. The fourth-order valence-electron chi connectivity index (χ4n) is 2.72.